The number of methoxy groups -OCH3 is 2. The molecule has 0 atom stereocenters. The Bertz CT molecular complexity index is 689. The Kier molecular flexibility index (Phi) is 3.57. The number of carbonyl (C=O) groups excluding carboxylic acids is 1. The second-order valence-corrected chi connectivity index (χ2v) is 4.53. The Morgan fingerprint density at radius 1 is 1.10 bits per heavy atom. The minimum absolute atomic E-state index is 0. The van der Waals surface area contributed by atoms with Gasteiger partial charge in [-0.1, -0.05) is 7.43 Å². The Balaban J connectivity index is 0.00000147. The van der Waals surface area contributed by atoms with Gasteiger partial charge in [-0.2, -0.15) is 0 Å². The number of rotatable bonds is 2. The molecular formula is C16H18O4. The van der Waals surface area contributed by atoms with E-state index in [2.05, 4.69) is 0 Å². The molecule has 0 amide bonds. The molecule has 0 radical (unpaired) electrons. The highest BCUT2D eigenvalue weighted by Gasteiger charge is 2.24. The lowest BCUT2D eigenvalue weighted by molar-refractivity contribution is 0.0535. The zero-order valence-electron chi connectivity index (χ0n) is 11.1. The van der Waals surface area contributed by atoms with Crippen LogP contribution in [0.1, 0.15) is 28.9 Å². The number of hydrogen-bond donors (Lipinski definition) is 0. The fraction of sp³-hybridized carbons (Fsp3) is 0.312. The van der Waals surface area contributed by atoms with Gasteiger partial charge in [0.05, 0.1) is 19.8 Å². The van der Waals surface area contributed by atoms with Crippen molar-refractivity contribution in [2.45, 2.75) is 21.0 Å². The quantitative estimate of drug-likeness (QED) is 0.787. The van der Waals surface area contributed by atoms with Crippen LogP contribution in [0.25, 0.3) is 10.8 Å². The van der Waals surface area contributed by atoms with Gasteiger partial charge in [-0.25, -0.2) is 4.79 Å². The number of carbonyl (C=O) groups is 1. The topological polar surface area (TPSA) is 44.8 Å². The van der Waals surface area contributed by atoms with Gasteiger partial charge in [0.2, 0.25) is 0 Å². The number of benzene rings is 2. The van der Waals surface area contributed by atoms with E-state index in [0.717, 1.165) is 21.9 Å². The van der Waals surface area contributed by atoms with Crippen molar-refractivity contribution in [1.82, 2.24) is 0 Å². The Hall–Kier alpha value is -2.23. The molecule has 1 heterocycles. The standard InChI is InChI=1S/C15H14O4.CH4/c1-8-10-6-14(18-3)13(17-2)5-9(10)4-11-12(8)7-19-15(11)16;/h4-6H,7H2,1-3H3;1H4. The maximum atomic E-state index is 11.7. The van der Waals surface area contributed by atoms with Crippen molar-refractivity contribution in [3.05, 3.63) is 34.9 Å². The molecule has 0 aromatic heterocycles. The molecular weight excluding hydrogens is 256 g/mol. The van der Waals surface area contributed by atoms with E-state index in [9.17, 15) is 4.79 Å². The molecule has 4 nitrogen and oxygen atoms in total. The van der Waals surface area contributed by atoms with Gasteiger partial charge < -0.3 is 14.2 Å². The van der Waals surface area contributed by atoms with E-state index < -0.39 is 0 Å². The molecule has 3 rings (SSSR count). The summed E-state index contributed by atoms with van der Waals surface area (Å²) in [5.41, 5.74) is 2.67. The van der Waals surface area contributed by atoms with Gasteiger partial charge in [-0.3, -0.25) is 0 Å². The SMILES string of the molecule is C.COc1cc2cc3c(c(C)c2cc1OC)COC3=O. The summed E-state index contributed by atoms with van der Waals surface area (Å²) in [7, 11) is 3.21. The van der Waals surface area contributed by atoms with Crippen LogP contribution >= 0.6 is 0 Å². The first kappa shape index (κ1) is 14.2. The van der Waals surface area contributed by atoms with Gasteiger partial charge >= 0.3 is 5.97 Å². The molecule has 0 aliphatic carbocycles. The third-order valence-corrected chi connectivity index (χ3v) is 3.60. The van der Waals surface area contributed by atoms with Crippen LogP contribution in [0.5, 0.6) is 11.5 Å². The molecule has 0 fully saturated rings. The zero-order chi connectivity index (χ0) is 13.6. The molecule has 4 heteroatoms. The average molecular weight is 274 g/mol. The van der Waals surface area contributed by atoms with Crippen LogP contribution in [-0.4, -0.2) is 20.2 Å². The first-order valence-corrected chi connectivity index (χ1v) is 6.01. The third kappa shape index (κ3) is 1.88. The molecule has 1 aliphatic heterocycles. The van der Waals surface area contributed by atoms with Gasteiger partial charge in [0, 0.05) is 5.56 Å². The summed E-state index contributed by atoms with van der Waals surface area (Å²) in [6.45, 7) is 2.35. The van der Waals surface area contributed by atoms with E-state index in [1.807, 2.05) is 25.1 Å². The number of esters is 1. The molecule has 0 spiro atoms. The first-order valence-electron chi connectivity index (χ1n) is 6.01. The zero-order valence-corrected chi connectivity index (χ0v) is 11.1. The smallest absolute Gasteiger partial charge is 0.338 e. The lowest BCUT2D eigenvalue weighted by Crippen LogP contribution is -1.96. The van der Waals surface area contributed by atoms with Gasteiger partial charge in [0.1, 0.15) is 6.61 Å². The summed E-state index contributed by atoms with van der Waals surface area (Å²) in [6, 6.07) is 5.68. The fourth-order valence-electron chi connectivity index (χ4n) is 2.53. The predicted octanol–water partition coefficient (Wildman–Crippen LogP) is 3.47. The highest BCUT2D eigenvalue weighted by atomic mass is 16.5. The van der Waals surface area contributed by atoms with Crippen LogP contribution in [0.3, 0.4) is 0 Å². The van der Waals surface area contributed by atoms with Crippen molar-refractivity contribution in [1.29, 1.82) is 0 Å². The molecule has 106 valence electrons. The van der Waals surface area contributed by atoms with E-state index >= 15 is 0 Å². The lowest BCUT2D eigenvalue weighted by Gasteiger charge is -2.12. The Morgan fingerprint density at radius 2 is 1.75 bits per heavy atom. The van der Waals surface area contributed by atoms with Crippen molar-refractivity contribution in [3.63, 3.8) is 0 Å². The van der Waals surface area contributed by atoms with Crippen LogP contribution in [-0.2, 0) is 11.3 Å². The van der Waals surface area contributed by atoms with Crippen LogP contribution in [0.2, 0.25) is 0 Å². The first-order chi connectivity index (χ1) is 9.15. The van der Waals surface area contributed by atoms with Crippen molar-refractivity contribution in [2.24, 2.45) is 0 Å². The number of fused-ring (bicyclic) bond motifs is 2. The van der Waals surface area contributed by atoms with Crippen LogP contribution in [0.4, 0.5) is 0 Å². The van der Waals surface area contributed by atoms with Gasteiger partial charge in [-0.15, -0.1) is 0 Å². The lowest BCUT2D eigenvalue weighted by atomic mass is 9.96. The van der Waals surface area contributed by atoms with E-state index in [4.69, 9.17) is 14.2 Å². The molecule has 2 aromatic carbocycles. The highest BCUT2D eigenvalue weighted by Crippen LogP contribution is 2.37. The monoisotopic (exact) mass is 274 g/mol. The number of hydrogen-bond acceptors (Lipinski definition) is 4. The normalized spacial score (nSPS) is 12.7. The second kappa shape index (κ2) is 5.04. The maximum Gasteiger partial charge on any atom is 0.338 e. The number of ether oxygens (including phenoxy) is 3. The van der Waals surface area contributed by atoms with Gasteiger partial charge in [0.25, 0.3) is 0 Å². The molecule has 1 aliphatic rings. The molecule has 0 saturated carbocycles. The van der Waals surface area contributed by atoms with Crippen molar-refractivity contribution >= 4 is 16.7 Å². The highest BCUT2D eigenvalue weighted by molar-refractivity contribution is 6.01. The van der Waals surface area contributed by atoms with Crippen LogP contribution in [0.15, 0.2) is 18.2 Å². The minimum Gasteiger partial charge on any atom is -0.493 e. The second-order valence-electron chi connectivity index (χ2n) is 4.53. The van der Waals surface area contributed by atoms with Gasteiger partial charge in [-0.05, 0) is 41.5 Å². The van der Waals surface area contributed by atoms with E-state index in [-0.39, 0.29) is 13.4 Å². The number of aryl methyl sites for hydroxylation is 1. The van der Waals surface area contributed by atoms with Crippen LogP contribution < -0.4 is 9.47 Å². The summed E-state index contributed by atoms with van der Waals surface area (Å²) in [6.07, 6.45) is 0. The number of cyclic esters (lactones) is 1. The van der Waals surface area contributed by atoms with Crippen molar-refractivity contribution in [2.75, 3.05) is 14.2 Å². The predicted molar refractivity (Wildman–Crippen MR) is 77.6 cm³/mol. The molecule has 2 aromatic rings. The summed E-state index contributed by atoms with van der Waals surface area (Å²) < 4.78 is 15.7. The Labute approximate surface area is 118 Å². The van der Waals surface area contributed by atoms with Crippen molar-refractivity contribution in [3.8, 4) is 11.5 Å². The summed E-state index contributed by atoms with van der Waals surface area (Å²) in [5.74, 6) is 1.08. The van der Waals surface area contributed by atoms with Crippen molar-refractivity contribution < 1.29 is 19.0 Å². The third-order valence-electron chi connectivity index (χ3n) is 3.60. The minimum atomic E-state index is -0.255. The van der Waals surface area contributed by atoms with E-state index in [1.165, 1.54) is 0 Å². The average Bonchev–Trinajstić information content (AvgIpc) is 2.79. The molecule has 0 unspecified atom stereocenters. The summed E-state index contributed by atoms with van der Waals surface area (Å²) in [5, 5.41) is 2.00. The fourth-order valence-corrected chi connectivity index (χ4v) is 2.53. The maximum absolute atomic E-state index is 11.7. The summed E-state index contributed by atoms with van der Waals surface area (Å²) >= 11 is 0. The van der Waals surface area contributed by atoms with Gasteiger partial charge in [0.15, 0.2) is 11.5 Å². The van der Waals surface area contributed by atoms with E-state index in [0.29, 0.717) is 23.7 Å². The Morgan fingerprint density at radius 3 is 2.40 bits per heavy atom. The summed E-state index contributed by atoms with van der Waals surface area (Å²) in [4.78, 5) is 11.7. The molecule has 0 bridgehead atoms. The molecule has 0 saturated heterocycles. The largest absolute Gasteiger partial charge is 0.493 e. The molecule has 0 N–H and O–H groups in total. The molecule has 20 heavy (non-hydrogen) atoms. The van der Waals surface area contributed by atoms with E-state index in [1.54, 1.807) is 14.2 Å². The van der Waals surface area contributed by atoms with Crippen LogP contribution in [0, 0.1) is 6.92 Å².